The minimum Gasteiger partial charge on any atom is -0.301 e. The van der Waals surface area contributed by atoms with Crippen molar-refractivity contribution in [1.82, 2.24) is 9.97 Å². The van der Waals surface area contributed by atoms with Gasteiger partial charge in [0.05, 0.1) is 5.71 Å². The summed E-state index contributed by atoms with van der Waals surface area (Å²) in [5.74, 6) is 0.669. The molecule has 0 spiro atoms. The lowest BCUT2D eigenvalue weighted by molar-refractivity contribution is 0.906. The third-order valence-corrected chi connectivity index (χ3v) is 3.87. The molecule has 0 unspecified atom stereocenters. The molecule has 1 aliphatic carbocycles. The summed E-state index contributed by atoms with van der Waals surface area (Å²) >= 11 is 1.48. The van der Waals surface area contributed by atoms with E-state index in [1.165, 1.54) is 17.8 Å². The highest BCUT2D eigenvalue weighted by atomic mass is 32.2. The monoisotopic (exact) mass is 299 g/mol. The average Bonchev–Trinajstić information content (AvgIpc) is 2.47. The molecule has 0 aromatic carbocycles. The highest BCUT2D eigenvalue weighted by molar-refractivity contribution is 7.99. The van der Waals surface area contributed by atoms with Crippen LogP contribution in [0.15, 0.2) is 69.1 Å². The average molecular weight is 299 g/mol. The summed E-state index contributed by atoms with van der Waals surface area (Å²) in [6.45, 7) is 5.68. The Balaban J connectivity index is 2.24. The molecule has 21 heavy (non-hydrogen) atoms. The Kier molecular flexibility index (Phi) is 5.11. The second-order valence-electron chi connectivity index (χ2n) is 4.45. The van der Waals surface area contributed by atoms with Gasteiger partial charge in [-0.3, -0.25) is 9.79 Å². The fraction of sp³-hybridized carbons (Fsp3) is 0.188. The highest BCUT2D eigenvalue weighted by Gasteiger charge is 2.09. The lowest BCUT2D eigenvalue weighted by Crippen LogP contribution is -2.09. The van der Waals surface area contributed by atoms with Crippen molar-refractivity contribution in [2.24, 2.45) is 4.99 Å². The zero-order valence-electron chi connectivity index (χ0n) is 12.1. The van der Waals surface area contributed by atoms with Crippen LogP contribution in [-0.4, -0.2) is 28.5 Å². The van der Waals surface area contributed by atoms with E-state index in [2.05, 4.69) is 21.5 Å². The largest absolute Gasteiger partial charge is 0.301 e. The van der Waals surface area contributed by atoms with Crippen molar-refractivity contribution in [3.8, 4) is 0 Å². The molecule has 1 N–H and O–H groups in total. The second kappa shape index (κ2) is 7.04. The maximum atomic E-state index is 11.4. The Morgan fingerprint density at radius 3 is 2.90 bits per heavy atom. The van der Waals surface area contributed by atoms with Gasteiger partial charge in [0.15, 0.2) is 5.16 Å². The molecule has 0 fully saturated rings. The molecule has 0 saturated heterocycles. The molecule has 5 heteroatoms. The van der Waals surface area contributed by atoms with Crippen molar-refractivity contribution in [2.45, 2.75) is 12.1 Å². The highest BCUT2D eigenvalue weighted by Crippen LogP contribution is 2.21. The van der Waals surface area contributed by atoms with E-state index in [0.29, 0.717) is 16.6 Å². The fourth-order valence-electron chi connectivity index (χ4n) is 1.95. The van der Waals surface area contributed by atoms with Gasteiger partial charge in [0.25, 0.3) is 5.56 Å². The molecule has 0 bridgehead atoms. The van der Waals surface area contributed by atoms with Gasteiger partial charge in [-0.15, -0.1) is 0 Å². The second-order valence-corrected chi connectivity index (χ2v) is 5.41. The standard InChI is InChI=1S/C16H17N3OS/c1-4-12(13-7-5-6-8-14(13)17-3)10-21-16-18-11(2)9-15(20)19-16/h4-9H,1,10H2,2-3H3,(H,18,19,20)/b13-12+,17-14?. The van der Waals surface area contributed by atoms with Gasteiger partial charge in [-0.2, -0.15) is 0 Å². The first-order valence-corrected chi connectivity index (χ1v) is 7.51. The Labute approximate surface area is 128 Å². The Bertz CT molecular complexity index is 723. The third kappa shape index (κ3) is 3.92. The number of H-pyrrole nitrogens is 1. The quantitative estimate of drug-likeness (QED) is 0.687. The van der Waals surface area contributed by atoms with Crippen molar-refractivity contribution in [1.29, 1.82) is 0 Å². The molecule has 1 aromatic rings. The fourth-order valence-corrected chi connectivity index (χ4v) is 2.90. The van der Waals surface area contributed by atoms with Gasteiger partial charge in [0, 0.05) is 30.1 Å². The maximum absolute atomic E-state index is 11.4. The summed E-state index contributed by atoms with van der Waals surface area (Å²) in [4.78, 5) is 22.8. The summed E-state index contributed by atoms with van der Waals surface area (Å²) in [5, 5.41) is 0.616. The zero-order valence-corrected chi connectivity index (χ0v) is 12.9. The van der Waals surface area contributed by atoms with Crippen molar-refractivity contribution in [2.75, 3.05) is 12.8 Å². The van der Waals surface area contributed by atoms with Gasteiger partial charge in [0.2, 0.25) is 0 Å². The smallest absolute Gasteiger partial charge is 0.251 e. The van der Waals surface area contributed by atoms with Gasteiger partial charge in [-0.1, -0.05) is 42.6 Å². The normalized spacial score (nSPS) is 18.1. The van der Waals surface area contributed by atoms with E-state index in [0.717, 1.165) is 16.9 Å². The molecule has 0 saturated carbocycles. The van der Waals surface area contributed by atoms with E-state index >= 15 is 0 Å². The van der Waals surface area contributed by atoms with Crippen LogP contribution in [0.4, 0.5) is 0 Å². The number of thioether (sulfide) groups is 1. The van der Waals surface area contributed by atoms with Gasteiger partial charge in [-0.05, 0) is 18.6 Å². The molecule has 1 aliphatic rings. The van der Waals surface area contributed by atoms with Crippen LogP contribution in [0.25, 0.3) is 0 Å². The number of nitrogens with one attached hydrogen (secondary N) is 1. The van der Waals surface area contributed by atoms with Crippen LogP contribution >= 0.6 is 11.8 Å². The molecule has 2 rings (SSSR count). The van der Waals surface area contributed by atoms with E-state index in [1.807, 2.05) is 37.3 Å². The Morgan fingerprint density at radius 2 is 2.24 bits per heavy atom. The van der Waals surface area contributed by atoms with E-state index in [9.17, 15) is 4.79 Å². The van der Waals surface area contributed by atoms with Crippen molar-refractivity contribution in [3.05, 3.63) is 70.2 Å². The number of nitrogens with zero attached hydrogens (tertiary/aromatic N) is 2. The number of hydrogen-bond acceptors (Lipinski definition) is 4. The number of hydrogen-bond donors (Lipinski definition) is 1. The van der Waals surface area contributed by atoms with Crippen molar-refractivity contribution >= 4 is 17.5 Å². The molecule has 0 aliphatic heterocycles. The molecule has 0 atom stereocenters. The first-order valence-electron chi connectivity index (χ1n) is 6.52. The molecule has 4 nitrogen and oxygen atoms in total. The minimum atomic E-state index is -0.130. The molecule has 1 heterocycles. The lowest BCUT2D eigenvalue weighted by Gasteiger charge is -2.11. The van der Waals surface area contributed by atoms with Crippen molar-refractivity contribution < 1.29 is 0 Å². The van der Waals surface area contributed by atoms with Crippen LogP contribution in [0.2, 0.25) is 0 Å². The molecule has 108 valence electrons. The SMILES string of the molecule is C=C/C(CSc1nc(C)cc(=O)[nH]1)=C1/C=CC=CC1=NC. The molecule has 0 amide bonds. The molecular formula is C16H17N3OS. The first-order chi connectivity index (χ1) is 10.1. The molecule has 0 radical (unpaired) electrons. The first kappa shape index (κ1) is 15.3. The number of rotatable bonds is 4. The summed E-state index contributed by atoms with van der Waals surface area (Å²) in [7, 11) is 1.77. The lowest BCUT2D eigenvalue weighted by atomic mass is 10.00. The summed E-state index contributed by atoms with van der Waals surface area (Å²) in [6, 6.07) is 1.48. The minimum absolute atomic E-state index is 0.130. The van der Waals surface area contributed by atoms with Crippen LogP contribution in [-0.2, 0) is 0 Å². The van der Waals surface area contributed by atoms with Gasteiger partial charge in [-0.25, -0.2) is 4.98 Å². The van der Waals surface area contributed by atoms with Crippen LogP contribution in [0, 0.1) is 6.92 Å². The van der Waals surface area contributed by atoms with Crippen LogP contribution in [0.1, 0.15) is 5.69 Å². The van der Waals surface area contributed by atoms with E-state index in [4.69, 9.17) is 0 Å². The number of aryl methyl sites for hydroxylation is 1. The zero-order chi connectivity index (χ0) is 15.2. The van der Waals surface area contributed by atoms with Crippen molar-refractivity contribution in [3.63, 3.8) is 0 Å². The number of aromatic nitrogens is 2. The predicted octanol–water partition coefficient (Wildman–Crippen LogP) is 2.85. The Hall–Kier alpha value is -2.14. The van der Waals surface area contributed by atoms with Crippen LogP contribution in [0.3, 0.4) is 0 Å². The summed E-state index contributed by atoms with van der Waals surface area (Å²) in [6.07, 6.45) is 9.75. The van der Waals surface area contributed by atoms with Gasteiger partial charge in [0.1, 0.15) is 0 Å². The third-order valence-electron chi connectivity index (χ3n) is 2.95. The number of aromatic amines is 1. The molecular weight excluding hydrogens is 282 g/mol. The number of allylic oxidation sites excluding steroid dienone is 6. The topological polar surface area (TPSA) is 58.1 Å². The summed E-state index contributed by atoms with van der Waals surface area (Å²) < 4.78 is 0. The van der Waals surface area contributed by atoms with Crippen LogP contribution in [0.5, 0.6) is 0 Å². The van der Waals surface area contributed by atoms with E-state index < -0.39 is 0 Å². The van der Waals surface area contributed by atoms with Gasteiger partial charge < -0.3 is 4.98 Å². The van der Waals surface area contributed by atoms with E-state index in [1.54, 1.807) is 7.05 Å². The maximum Gasteiger partial charge on any atom is 0.251 e. The van der Waals surface area contributed by atoms with Gasteiger partial charge >= 0.3 is 0 Å². The Morgan fingerprint density at radius 1 is 1.48 bits per heavy atom. The predicted molar refractivity (Wildman–Crippen MR) is 89.2 cm³/mol. The number of aliphatic imine (C=N–C) groups is 1. The van der Waals surface area contributed by atoms with Crippen LogP contribution < -0.4 is 5.56 Å². The molecule has 1 aromatic heterocycles. The van der Waals surface area contributed by atoms with E-state index in [-0.39, 0.29) is 5.56 Å². The summed E-state index contributed by atoms with van der Waals surface area (Å²) in [5.41, 5.74) is 3.63.